The quantitative estimate of drug-likeness (QED) is 0.174. The number of thioether (sulfide) groups is 1. The minimum absolute atomic E-state index is 0.0107. The Labute approximate surface area is 216 Å². The van der Waals surface area contributed by atoms with Gasteiger partial charge in [-0.1, -0.05) is 56.5 Å². The van der Waals surface area contributed by atoms with Gasteiger partial charge in [-0.25, -0.2) is 0 Å². The fourth-order valence-electron chi connectivity index (χ4n) is 3.01. The molecule has 2 heterocycles. The molecule has 1 aromatic heterocycles. The van der Waals surface area contributed by atoms with Gasteiger partial charge in [-0.05, 0) is 46.3 Å². The Kier molecular flexibility index (Phi) is 15.3. The maximum absolute atomic E-state index is 11.9. The zero-order valence-corrected chi connectivity index (χ0v) is 23.8. The van der Waals surface area contributed by atoms with Crippen LogP contribution in [0, 0.1) is 6.92 Å². The topological polar surface area (TPSA) is 73.1 Å². The highest BCUT2D eigenvalue weighted by molar-refractivity contribution is 8.17. The number of ketones is 1. The second kappa shape index (κ2) is 16.7. The lowest BCUT2D eigenvalue weighted by molar-refractivity contribution is -0.113. The van der Waals surface area contributed by atoms with Gasteiger partial charge >= 0.3 is 0 Å². The van der Waals surface area contributed by atoms with Gasteiger partial charge in [-0.15, -0.1) is 0 Å². The third-order valence-electron chi connectivity index (χ3n) is 4.63. The molecule has 2 rings (SSSR count). The molecule has 1 unspecified atom stereocenters. The number of carbonyl (C=O) groups excluding carboxylic acids is 1. The third-order valence-corrected chi connectivity index (χ3v) is 5.57. The highest BCUT2D eigenvalue weighted by atomic mass is 32.2. The summed E-state index contributed by atoms with van der Waals surface area (Å²) in [6.45, 7) is 23.5. The third kappa shape index (κ3) is 10.9. The Morgan fingerprint density at radius 1 is 1.23 bits per heavy atom. The summed E-state index contributed by atoms with van der Waals surface area (Å²) in [6, 6.07) is 2.05. The molecule has 1 aliphatic heterocycles. The van der Waals surface area contributed by atoms with Crippen molar-refractivity contribution < 1.29 is 14.3 Å². The standard InChI is InChI=1S/C17H21NO2.C9H14N2OS.C2H6/c1-7-14(13(5)19)15(8-11(2)3)16-9-12(4)18-10-17(16)20-6;1-6-9(11-8(3)13-6)5-10-7(2)12-4;1-2/h7-10H,2H2,1,3-6H3;9H,1,5H2,2-4H3;1-2H3/b14-7-,15-8+;;. The Morgan fingerprint density at radius 3 is 2.29 bits per heavy atom. The molecule has 1 atom stereocenters. The van der Waals surface area contributed by atoms with Crippen LogP contribution in [0.3, 0.4) is 0 Å². The predicted molar refractivity (Wildman–Crippen MR) is 153 cm³/mol. The summed E-state index contributed by atoms with van der Waals surface area (Å²) in [5, 5.41) is 1.07. The SMILES string of the molecule is C=C(C)/C=C(\C(=C/C)C(C)=O)c1cc(C)ncc1OC.C=C1SC(C)=NC1CN=C(C)OC.CC. The summed E-state index contributed by atoms with van der Waals surface area (Å²) in [4.78, 5) is 25.8. The van der Waals surface area contributed by atoms with E-state index in [-0.39, 0.29) is 11.8 Å². The van der Waals surface area contributed by atoms with E-state index in [4.69, 9.17) is 9.47 Å². The summed E-state index contributed by atoms with van der Waals surface area (Å²) < 4.78 is 10.3. The highest BCUT2D eigenvalue weighted by Gasteiger charge is 2.19. The number of methoxy groups -OCH3 is 2. The maximum Gasteiger partial charge on any atom is 0.179 e. The van der Waals surface area contributed by atoms with Gasteiger partial charge in [0.05, 0.1) is 32.0 Å². The average molecular weight is 500 g/mol. The van der Waals surface area contributed by atoms with Crippen molar-refractivity contribution in [1.82, 2.24) is 4.98 Å². The number of Topliss-reactive ketones (excluding diaryl/α,β-unsaturated/α-hetero) is 1. The number of aromatic nitrogens is 1. The Balaban J connectivity index is 0.000000665. The molecule has 35 heavy (non-hydrogen) atoms. The van der Waals surface area contributed by atoms with E-state index in [1.54, 1.807) is 39.1 Å². The molecule has 0 saturated heterocycles. The van der Waals surface area contributed by atoms with Crippen LogP contribution >= 0.6 is 11.8 Å². The summed E-state index contributed by atoms with van der Waals surface area (Å²) in [5.74, 6) is 1.35. The fraction of sp³-hybridized carbons (Fsp3) is 0.429. The molecule has 0 spiro atoms. The van der Waals surface area contributed by atoms with Crippen molar-refractivity contribution in [3.63, 3.8) is 0 Å². The van der Waals surface area contributed by atoms with Crippen LogP contribution in [-0.2, 0) is 9.53 Å². The number of nitrogens with zero attached hydrogens (tertiary/aromatic N) is 3. The number of ether oxygens (including phenoxy) is 2. The molecule has 0 aromatic carbocycles. The lowest BCUT2D eigenvalue weighted by Crippen LogP contribution is -2.08. The molecule has 1 aliphatic rings. The monoisotopic (exact) mass is 499 g/mol. The van der Waals surface area contributed by atoms with Gasteiger partial charge in [0.2, 0.25) is 0 Å². The molecular formula is C28H41N3O3S. The van der Waals surface area contributed by atoms with Crippen LogP contribution in [0.4, 0.5) is 0 Å². The summed E-state index contributed by atoms with van der Waals surface area (Å²) in [5.41, 5.74) is 4.06. The van der Waals surface area contributed by atoms with Crippen molar-refractivity contribution in [2.75, 3.05) is 20.8 Å². The normalized spacial score (nSPS) is 15.8. The minimum Gasteiger partial charge on any atom is -0.494 e. The number of hydrogen-bond acceptors (Lipinski definition) is 7. The lowest BCUT2D eigenvalue weighted by Gasteiger charge is -2.14. The first kappa shape index (κ1) is 32.1. The van der Waals surface area contributed by atoms with E-state index in [0.29, 0.717) is 23.8 Å². The summed E-state index contributed by atoms with van der Waals surface area (Å²) in [7, 11) is 3.21. The molecule has 192 valence electrons. The molecule has 0 N–H and O–H groups in total. The Hall–Kier alpha value is -2.93. The average Bonchev–Trinajstić information content (AvgIpc) is 3.15. The molecule has 0 amide bonds. The second-order valence-corrected chi connectivity index (χ2v) is 8.80. The fourth-order valence-corrected chi connectivity index (χ4v) is 3.84. The van der Waals surface area contributed by atoms with Crippen LogP contribution in [0.25, 0.3) is 5.57 Å². The Morgan fingerprint density at radius 2 is 1.86 bits per heavy atom. The molecule has 0 radical (unpaired) electrons. The van der Waals surface area contributed by atoms with Crippen LogP contribution < -0.4 is 4.74 Å². The first-order valence-electron chi connectivity index (χ1n) is 11.6. The number of hydrogen-bond donors (Lipinski definition) is 0. The molecule has 1 aromatic rings. The largest absolute Gasteiger partial charge is 0.494 e. The zero-order chi connectivity index (χ0) is 27.1. The van der Waals surface area contributed by atoms with Crippen molar-refractivity contribution in [2.45, 2.75) is 61.4 Å². The van der Waals surface area contributed by atoms with Gasteiger partial charge in [0, 0.05) is 28.7 Å². The van der Waals surface area contributed by atoms with Gasteiger partial charge in [-0.3, -0.25) is 19.8 Å². The Bertz CT molecular complexity index is 1020. The minimum atomic E-state index is 0.0107. The molecule has 0 aliphatic carbocycles. The van der Waals surface area contributed by atoms with Gasteiger partial charge in [0.25, 0.3) is 0 Å². The maximum atomic E-state index is 11.9. The van der Waals surface area contributed by atoms with Crippen molar-refractivity contribution in [2.24, 2.45) is 9.98 Å². The van der Waals surface area contributed by atoms with E-state index in [9.17, 15) is 4.79 Å². The highest BCUT2D eigenvalue weighted by Crippen LogP contribution is 2.32. The molecule has 0 saturated carbocycles. The van der Waals surface area contributed by atoms with Crippen LogP contribution in [0.1, 0.15) is 59.7 Å². The number of aliphatic imine (C=N–C) groups is 2. The molecule has 7 heteroatoms. The predicted octanol–water partition coefficient (Wildman–Crippen LogP) is 7.02. The van der Waals surface area contributed by atoms with Gasteiger partial charge in [0.1, 0.15) is 11.8 Å². The zero-order valence-electron chi connectivity index (χ0n) is 23.0. The molecular weight excluding hydrogens is 458 g/mol. The van der Waals surface area contributed by atoms with Gasteiger partial charge < -0.3 is 9.47 Å². The van der Waals surface area contributed by atoms with Crippen LogP contribution in [0.15, 0.2) is 63.6 Å². The second-order valence-electron chi connectivity index (χ2n) is 7.48. The van der Waals surface area contributed by atoms with Crippen LogP contribution in [0.5, 0.6) is 5.75 Å². The van der Waals surface area contributed by atoms with E-state index >= 15 is 0 Å². The number of aryl methyl sites for hydroxylation is 1. The van der Waals surface area contributed by atoms with Gasteiger partial charge in [0.15, 0.2) is 11.7 Å². The number of carbonyl (C=O) groups is 1. The lowest BCUT2D eigenvalue weighted by atomic mass is 9.93. The number of rotatable bonds is 7. The van der Waals surface area contributed by atoms with Gasteiger partial charge in [-0.2, -0.15) is 0 Å². The molecule has 0 bridgehead atoms. The van der Waals surface area contributed by atoms with Crippen LogP contribution in [0.2, 0.25) is 0 Å². The molecule has 6 nitrogen and oxygen atoms in total. The smallest absolute Gasteiger partial charge is 0.179 e. The van der Waals surface area contributed by atoms with Crippen LogP contribution in [-0.4, -0.2) is 48.5 Å². The van der Waals surface area contributed by atoms with Crippen molar-refractivity contribution in [3.8, 4) is 5.75 Å². The van der Waals surface area contributed by atoms with Crippen molar-refractivity contribution >= 4 is 34.1 Å². The summed E-state index contributed by atoms with van der Waals surface area (Å²) in [6.07, 6.45) is 5.38. The number of allylic oxidation sites excluding steroid dienone is 5. The van der Waals surface area contributed by atoms with Crippen molar-refractivity contribution in [1.29, 1.82) is 0 Å². The summed E-state index contributed by atoms with van der Waals surface area (Å²) >= 11 is 1.63. The van der Waals surface area contributed by atoms with E-state index < -0.39 is 0 Å². The van der Waals surface area contributed by atoms with E-state index in [1.807, 2.05) is 66.7 Å². The van der Waals surface area contributed by atoms with Crippen molar-refractivity contribution in [3.05, 3.63) is 64.9 Å². The van der Waals surface area contributed by atoms with E-state index in [0.717, 1.165) is 32.4 Å². The first-order valence-corrected chi connectivity index (χ1v) is 12.4. The van der Waals surface area contributed by atoms with E-state index in [1.165, 1.54) is 0 Å². The first-order chi connectivity index (χ1) is 16.5. The number of pyridine rings is 1. The molecule has 0 fully saturated rings. The van der Waals surface area contributed by atoms with E-state index in [2.05, 4.69) is 28.1 Å².